The molecule has 1 aromatic heterocycles. The van der Waals surface area contributed by atoms with Gasteiger partial charge in [0, 0.05) is 0 Å². The number of H-pyrrole nitrogens is 1. The molecule has 0 atom stereocenters. The van der Waals surface area contributed by atoms with Crippen molar-refractivity contribution in [1.29, 1.82) is 0 Å². The minimum absolute atomic E-state index is 0.0558. The Morgan fingerprint density at radius 2 is 1.82 bits per heavy atom. The normalized spacial score (nSPS) is 10.7. The van der Waals surface area contributed by atoms with Crippen LogP contribution in [0.3, 0.4) is 0 Å². The van der Waals surface area contributed by atoms with Gasteiger partial charge in [-0.05, 0) is 42.0 Å². The van der Waals surface area contributed by atoms with Crippen LogP contribution in [0.1, 0.15) is 5.56 Å². The highest BCUT2D eigenvalue weighted by Gasteiger charge is 2.07. The van der Waals surface area contributed by atoms with Gasteiger partial charge in [-0.2, -0.15) is 0 Å². The fourth-order valence-electron chi connectivity index (χ4n) is 2.33. The molecule has 2 N–H and O–H groups in total. The number of hydrogen-bond donors (Lipinski definition) is 2. The largest absolute Gasteiger partial charge is 0.481 e. The van der Waals surface area contributed by atoms with Gasteiger partial charge in [-0.25, -0.2) is 0 Å². The quantitative estimate of drug-likeness (QED) is 0.729. The number of rotatable bonds is 3. The third-order valence-corrected chi connectivity index (χ3v) is 3.64. The standard InChI is InChI=1S/C16H12N2O3S/c19-14(20)9-10-5-7-11(8-6-10)18-15(21)12-3-1-2-4-13(12)17-16(18)22/h1-8H,9H2,(H,17,22)(H,19,20). The summed E-state index contributed by atoms with van der Waals surface area (Å²) in [6, 6.07) is 13.9. The van der Waals surface area contributed by atoms with Gasteiger partial charge in [0.25, 0.3) is 5.56 Å². The average molecular weight is 312 g/mol. The summed E-state index contributed by atoms with van der Waals surface area (Å²) in [7, 11) is 0. The van der Waals surface area contributed by atoms with Crippen LogP contribution < -0.4 is 5.56 Å². The Morgan fingerprint density at radius 3 is 2.50 bits per heavy atom. The monoisotopic (exact) mass is 312 g/mol. The highest BCUT2D eigenvalue weighted by molar-refractivity contribution is 7.71. The van der Waals surface area contributed by atoms with Gasteiger partial charge in [-0.3, -0.25) is 14.2 Å². The molecule has 110 valence electrons. The molecule has 3 aromatic rings. The summed E-state index contributed by atoms with van der Waals surface area (Å²) in [6.45, 7) is 0. The summed E-state index contributed by atoms with van der Waals surface area (Å²) in [5, 5.41) is 9.33. The van der Waals surface area contributed by atoms with E-state index in [1.54, 1.807) is 42.5 Å². The van der Waals surface area contributed by atoms with Crippen molar-refractivity contribution < 1.29 is 9.90 Å². The second-order valence-electron chi connectivity index (χ2n) is 4.85. The molecule has 0 fully saturated rings. The van der Waals surface area contributed by atoms with Crippen LogP contribution in [-0.4, -0.2) is 20.6 Å². The van der Waals surface area contributed by atoms with Gasteiger partial charge in [0.05, 0.1) is 23.0 Å². The van der Waals surface area contributed by atoms with Crippen LogP contribution in [0.4, 0.5) is 0 Å². The number of fused-ring (bicyclic) bond motifs is 1. The molecular weight excluding hydrogens is 300 g/mol. The Morgan fingerprint density at radius 1 is 1.14 bits per heavy atom. The molecule has 0 unspecified atom stereocenters. The van der Waals surface area contributed by atoms with Crippen molar-refractivity contribution in [1.82, 2.24) is 9.55 Å². The second kappa shape index (κ2) is 5.57. The van der Waals surface area contributed by atoms with Crippen molar-refractivity contribution in [3.05, 3.63) is 69.2 Å². The lowest BCUT2D eigenvalue weighted by molar-refractivity contribution is -0.136. The Bertz CT molecular complexity index is 971. The fraction of sp³-hybridized carbons (Fsp3) is 0.0625. The zero-order chi connectivity index (χ0) is 15.7. The van der Waals surface area contributed by atoms with Crippen LogP contribution in [-0.2, 0) is 11.2 Å². The van der Waals surface area contributed by atoms with Gasteiger partial charge in [-0.1, -0.05) is 24.3 Å². The van der Waals surface area contributed by atoms with Gasteiger partial charge in [0.1, 0.15) is 0 Å². The number of hydrogen-bond acceptors (Lipinski definition) is 3. The predicted molar refractivity (Wildman–Crippen MR) is 86.1 cm³/mol. The van der Waals surface area contributed by atoms with Crippen molar-refractivity contribution in [3.63, 3.8) is 0 Å². The number of aliphatic carboxylic acids is 1. The maximum absolute atomic E-state index is 12.6. The predicted octanol–water partition coefficient (Wildman–Crippen LogP) is 2.68. The molecule has 0 bridgehead atoms. The minimum Gasteiger partial charge on any atom is -0.481 e. The number of nitrogens with one attached hydrogen (secondary N) is 1. The number of carboxylic acid groups (broad SMARTS) is 1. The Labute approximate surface area is 130 Å². The molecule has 5 nitrogen and oxygen atoms in total. The van der Waals surface area contributed by atoms with E-state index in [0.717, 1.165) is 0 Å². The Balaban J connectivity index is 2.16. The number of nitrogens with zero attached hydrogens (tertiary/aromatic N) is 1. The molecule has 0 aliphatic rings. The molecule has 1 heterocycles. The van der Waals surface area contributed by atoms with Crippen molar-refractivity contribution in [2.75, 3.05) is 0 Å². The number of carbonyl (C=O) groups is 1. The lowest BCUT2D eigenvalue weighted by Crippen LogP contribution is -2.20. The molecular formula is C16H12N2O3S. The fourth-order valence-corrected chi connectivity index (χ4v) is 2.63. The molecule has 0 saturated heterocycles. The van der Waals surface area contributed by atoms with Crippen molar-refractivity contribution >= 4 is 29.1 Å². The Hall–Kier alpha value is -2.73. The molecule has 0 saturated carbocycles. The zero-order valence-corrected chi connectivity index (χ0v) is 12.3. The average Bonchev–Trinajstić information content (AvgIpc) is 2.48. The lowest BCUT2D eigenvalue weighted by Gasteiger charge is -2.08. The van der Waals surface area contributed by atoms with Gasteiger partial charge in [0.2, 0.25) is 0 Å². The molecule has 2 aromatic carbocycles. The smallest absolute Gasteiger partial charge is 0.307 e. The van der Waals surface area contributed by atoms with E-state index in [0.29, 0.717) is 26.9 Å². The van der Waals surface area contributed by atoms with Crippen LogP contribution in [0.5, 0.6) is 0 Å². The first kappa shape index (κ1) is 14.2. The minimum atomic E-state index is -0.895. The molecule has 0 spiro atoms. The van der Waals surface area contributed by atoms with Gasteiger partial charge >= 0.3 is 5.97 Å². The van der Waals surface area contributed by atoms with E-state index in [4.69, 9.17) is 17.3 Å². The third kappa shape index (κ3) is 2.56. The SMILES string of the molecule is O=C(O)Cc1ccc(-n2c(=S)[nH]c3ccccc3c2=O)cc1. The third-order valence-electron chi connectivity index (χ3n) is 3.36. The summed E-state index contributed by atoms with van der Waals surface area (Å²) in [6.07, 6.45) is -0.0558. The van der Waals surface area contributed by atoms with E-state index in [9.17, 15) is 9.59 Å². The number of benzene rings is 2. The highest BCUT2D eigenvalue weighted by atomic mass is 32.1. The number of aromatic amines is 1. The number of carboxylic acids is 1. The van der Waals surface area contributed by atoms with Gasteiger partial charge < -0.3 is 10.1 Å². The molecule has 0 radical (unpaired) electrons. The zero-order valence-electron chi connectivity index (χ0n) is 11.4. The maximum atomic E-state index is 12.6. The summed E-state index contributed by atoms with van der Waals surface area (Å²) < 4.78 is 1.71. The second-order valence-corrected chi connectivity index (χ2v) is 5.24. The van der Waals surface area contributed by atoms with E-state index in [1.807, 2.05) is 6.07 Å². The van der Waals surface area contributed by atoms with Crippen LogP contribution in [0.15, 0.2) is 53.3 Å². The van der Waals surface area contributed by atoms with E-state index in [1.165, 1.54) is 4.57 Å². The molecule has 0 amide bonds. The van der Waals surface area contributed by atoms with Crippen LogP contribution >= 0.6 is 12.2 Å². The van der Waals surface area contributed by atoms with Crippen LogP contribution in [0.25, 0.3) is 16.6 Å². The van der Waals surface area contributed by atoms with Gasteiger partial charge in [0.15, 0.2) is 4.77 Å². The summed E-state index contributed by atoms with van der Waals surface area (Å²) >= 11 is 5.27. The Kier molecular flexibility index (Phi) is 3.60. The van der Waals surface area contributed by atoms with Crippen molar-refractivity contribution in [2.24, 2.45) is 0 Å². The lowest BCUT2D eigenvalue weighted by atomic mass is 10.1. The van der Waals surface area contributed by atoms with E-state index >= 15 is 0 Å². The first-order valence-electron chi connectivity index (χ1n) is 6.61. The summed E-state index contributed by atoms with van der Waals surface area (Å²) in [5.41, 5.74) is 1.76. The maximum Gasteiger partial charge on any atom is 0.307 e. The first-order valence-corrected chi connectivity index (χ1v) is 7.02. The van der Waals surface area contributed by atoms with E-state index in [2.05, 4.69) is 4.98 Å². The van der Waals surface area contributed by atoms with Crippen LogP contribution in [0.2, 0.25) is 0 Å². The van der Waals surface area contributed by atoms with Gasteiger partial charge in [-0.15, -0.1) is 0 Å². The molecule has 22 heavy (non-hydrogen) atoms. The summed E-state index contributed by atoms with van der Waals surface area (Å²) in [4.78, 5) is 26.3. The van der Waals surface area contributed by atoms with E-state index in [-0.39, 0.29) is 12.0 Å². The summed E-state index contributed by atoms with van der Waals surface area (Å²) in [5.74, 6) is -0.895. The number of para-hydroxylation sites is 1. The van der Waals surface area contributed by atoms with Crippen LogP contribution in [0, 0.1) is 4.77 Å². The topological polar surface area (TPSA) is 75.1 Å². The molecule has 0 aliphatic carbocycles. The molecule has 3 rings (SSSR count). The molecule has 0 aliphatic heterocycles. The van der Waals surface area contributed by atoms with Crippen molar-refractivity contribution in [3.8, 4) is 5.69 Å². The van der Waals surface area contributed by atoms with Crippen molar-refractivity contribution in [2.45, 2.75) is 6.42 Å². The number of aromatic nitrogens is 2. The van der Waals surface area contributed by atoms with E-state index < -0.39 is 5.97 Å². The first-order chi connectivity index (χ1) is 10.6. The highest BCUT2D eigenvalue weighted by Crippen LogP contribution is 2.12. The molecule has 6 heteroatoms.